The Labute approximate surface area is 161 Å². The maximum atomic E-state index is 11.4. The quantitative estimate of drug-likeness (QED) is 0.299. The fourth-order valence-corrected chi connectivity index (χ4v) is 1.75. The minimum atomic E-state index is -0.254. The van der Waals surface area contributed by atoms with Crippen molar-refractivity contribution in [3.63, 3.8) is 0 Å². The minimum absolute atomic E-state index is 0. The summed E-state index contributed by atoms with van der Waals surface area (Å²) in [5, 5.41) is 6.23. The van der Waals surface area contributed by atoms with Crippen LogP contribution in [0.2, 0.25) is 0 Å². The Bertz CT molecular complexity index is 538. The van der Waals surface area contributed by atoms with Crippen molar-refractivity contribution >= 4 is 35.9 Å². The molecule has 0 aliphatic carbocycles. The SMILES string of the molecule is CCNC(=NCc1ncc(C(C)(C)C)o1)NCC(C)C(=O)OC.I. The van der Waals surface area contributed by atoms with Crippen molar-refractivity contribution in [1.29, 1.82) is 0 Å². The fourth-order valence-electron chi connectivity index (χ4n) is 1.75. The smallest absolute Gasteiger partial charge is 0.310 e. The topological polar surface area (TPSA) is 88.8 Å². The van der Waals surface area contributed by atoms with Crippen molar-refractivity contribution in [1.82, 2.24) is 15.6 Å². The lowest BCUT2D eigenvalue weighted by Crippen LogP contribution is -2.40. The summed E-state index contributed by atoms with van der Waals surface area (Å²) >= 11 is 0. The highest BCUT2D eigenvalue weighted by molar-refractivity contribution is 14.0. The van der Waals surface area contributed by atoms with Crippen LogP contribution in [0.25, 0.3) is 0 Å². The van der Waals surface area contributed by atoms with Gasteiger partial charge < -0.3 is 19.8 Å². The second-order valence-corrected chi connectivity index (χ2v) is 6.37. The first kappa shape index (κ1) is 22.7. The van der Waals surface area contributed by atoms with Gasteiger partial charge in [0, 0.05) is 18.5 Å². The summed E-state index contributed by atoms with van der Waals surface area (Å²) in [5.41, 5.74) is -0.0757. The Balaban J connectivity index is 0.00000529. The molecule has 1 unspecified atom stereocenters. The summed E-state index contributed by atoms with van der Waals surface area (Å²) in [6.45, 7) is 11.5. The van der Waals surface area contributed by atoms with Gasteiger partial charge in [-0.25, -0.2) is 9.98 Å². The summed E-state index contributed by atoms with van der Waals surface area (Å²) in [6.07, 6.45) is 1.74. The normalized spacial score (nSPS) is 13.0. The van der Waals surface area contributed by atoms with Gasteiger partial charge in [-0.2, -0.15) is 0 Å². The van der Waals surface area contributed by atoms with Gasteiger partial charge in [-0.1, -0.05) is 27.7 Å². The van der Waals surface area contributed by atoms with E-state index in [9.17, 15) is 4.79 Å². The van der Waals surface area contributed by atoms with E-state index < -0.39 is 0 Å². The number of carbonyl (C=O) groups excluding carboxylic acids is 1. The minimum Gasteiger partial charge on any atom is -0.469 e. The van der Waals surface area contributed by atoms with Crippen LogP contribution in [0.5, 0.6) is 0 Å². The summed E-state index contributed by atoms with van der Waals surface area (Å²) < 4.78 is 10.4. The van der Waals surface area contributed by atoms with Crippen molar-refractivity contribution in [2.45, 2.75) is 46.6 Å². The molecule has 0 saturated carbocycles. The lowest BCUT2D eigenvalue weighted by atomic mass is 9.94. The predicted octanol–water partition coefficient (Wildman–Crippen LogP) is 2.45. The molecule has 24 heavy (non-hydrogen) atoms. The number of halogens is 1. The van der Waals surface area contributed by atoms with Crippen LogP contribution in [0.4, 0.5) is 0 Å². The Morgan fingerprint density at radius 3 is 2.58 bits per heavy atom. The van der Waals surface area contributed by atoms with Gasteiger partial charge in [0.05, 0.1) is 19.2 Å². The third-order valence-electron chi connectivity index (χ3n) is 3.19. The van der Waals surface area contributed by atoms with Gasteiger partial charge in [-0.15, -0.1) is 24.0 Å². The van der Waals surface area contributed by atoms with Crippen LogP contribution in [0, 0.1) is 5.92 Å². The molecule has 0 amide bonds. The number of nitrogens with one attached hydrogen (secondary N) is 2. The molecule has 0 spiro atoms. The zero-order valence-corrected chi connectivity index (χ0v) is 17.6. The molecule has 0 bridgehead atoms. The molecule has 1 atom stereocenters. The van der Waals surface area contributed by atoms with Crippen LogP contribution < -0.4 is 10.6 Å². The second kappa shape index (κ2) is 10.5. The van der Waals surface area contributed by atoms with Crippen molar-refractivity contribution in [3.8, 4) is 0 Å². The van der Waals surface area contributed by atoms with Gasteiger partial charge in [0.2, 0.25) is 5.89 Å². The average Bonchev–Trinajstić information content (AvgIpc) is 2.98. The molecule has 1 heterocycles. The monoisotopic (exact) mass is 452 g/mol. The highest BCUT2D eigenvalue weighted by Crippen LogP contribution is 2.22. The fraction of sp³-hybridized carbons (Fsp3) is 0.688. The Hall–Kier alpha value is -1.32. The molecule has 0 saturated heterocycles. The highest BCUT2D eigenvalue weighted by Gasteiger charge is 2.19. The van der Waals surface area contributed by atoms with E-state index in [-0.39, 0.29) is 41.3 Å². The van der Waals surface area contributed by atoms with E-state index in [0.29, 0.717) is 24.9 Å². The highest BCUT2D eigenvalue weighted by atomic mass is 127. The van der Waals surface area contributed by atoms with Gasteiger partial charge in [-0.05, 0) is 6.92 Å². The van der Waals surface area contributed by atoms with E-state index in [1.54, 1.807) is 13.1 Å². The molecule has 2 N–H and O–H groups in total. The van der Waals surface area contributed by atoms with E-state index in [4.69, 9.17) is 9.15 Å². The van der Waals surface area contributed by atoms with Gasteiger partial charge in [-0.3, -0.25) is 4.79 Å². The Morgan fingerprint density at radius 2 is 2.08 bits per heavy atom. The molecule has 0 aliphatic rings. The lowest BCUT2D eigenvalue weighted by molar-refractivity contribution is -0.144. The van der Waals surface area contributed by atoms with E-state index in [0.717, 1.165) is 12.3 Å². The number of guanidine groups is 1. The number of rotatable bonds is 6. The Kier molecular flexibility index (Phi) is 9.95. The zero-order valence-electron chi connectivity index (χ0n) is 15.3. The first-order valence-electron chi connectivity index (χ1n) is 7.83. The molecule has 1 rings (SSSR count). The molecule has 138 valence electrons. The van der Waals surface area contributed by atoms with Crippen molar-refractivity contribution in [2.24, 2.45) is 10.9 Å². The van der Waals surface area contributed by atoms with Crippen LogP contribution in [-0.4, -0.2) is 37.1 Å². The maximum Gasteiger partial charge on any atom is 0.310 e. The van der Waals surface area contributed by atoms with Crippen LogP contribution in [0.15, 0.2) is 15.6 Å². The van der Waals surface area contributed by atoms with Gasteiger partial charge in [0.1, 0.15) is 12.3 Å². The molecular formula is C16H29IN4O3. The number of ether oxygens (including phenoxy) is 1. The number of carbonyl (C=O) groups is 1. The van der Waals surface area contributed by atoms with E-state index in [2.05, 4.69) is 41.4 Å². The number of hydrogen-bond donors (Lipinski definition) is 2. The van der Waals surface area contributed by atoms with E-state index in [1.165, 1.54) is 7.11 Å². The lowest BCUT2D eigenvalue weighted by Gasteiger charge is -2.14. The third kappa shape index (κ3) is 7.50. The van der Waals surface area contributed by atoms with Crippen LogP contribution >= 0.6 is 24.0 Å². The second-order valence-electron chi connectivity index (χ2n) is 6.37. The molecule has 1 aromatic heterocycles. The largest absolute Gasteiger partial charge is 0.469 e. The number of nitrogens with zero attached hydrogens (tertiary/aromatic N) is 2. The number of hydrogen-bond acceptors (Lipinski definition) is 5. The summed E-state index contributed by atoms with van der Waals surface area (Å²) in [6, 6.07) is 0. The molecule has 0 aliphatic heterocycles. The molecule has 8 heteroatoms. The van der Waals surface area contributed by atoms with Crippen molar-refractivity contribution < 1.29 is 13.9 Å². The zero-order chi connectivity index (χ0) is 17.5. The number of aromatic nitrogens is 1. The van der Waals surface area contributed by atoms with Gasteiger partial charge >= 0.3 is 5.97 Å². The van der Waals surface area contributed by atoms with E-state index >= 15 is 0 Å². The van der Waals surface area contributed by atoms with E-state index in [1.807, 2.05) is 6.92 Å². The molecule has 0 fully saturated rings. The maximum absolute atomic E-state index is 11.4. The standard InChI is InChI=1S/C16H28N4O3.HI/c1-7-17-15(19-8-11(2)14(21)22-6)20-10-13-18-9-12(23-13)16(3,4)5;/h9,11H,7-8,10H2,1-6H3,(H2,17,19,20);1H. The number of aliphatic imine (C=N–C) groups is 1. The average molecular weight is 452 g/mol. The Morgan fingerprint density at radius 1 is 1.42 bits per heavy atom. The summed E-state index contributed by atoms with van der Waals surface area (Å²) in [4.78, 5) is 20.1. The number of esters is 1. The van der Waals surface area contributed by atoms with Crippen LogP contribution in [-0.2, 0) is 21.5 Å². The summed E-state index contributed by atoms with van der Waals surface area (Å²) in [5.74, 6) is 1.50. The van der Waals surface area contributed by atoms with Gasteiger partial charge in [0.25, 0.3) is 0 Å². The van der Waals surface area contributed by atoms with Crippen LogP contribution in [0.1, 0.15) is 46.3 Å². The van der Waals surface area contributed by atoms with Crippen molar-refractivity contribution in [3.05, 3.63) is 17.8 Å². The van der Waals surface area contributed by atoms with Crippen LogP contribution in [0.3, 0.4) is 0 Å². The molecule has 1 aromatic rings. The third-order valence-corrected chi connectivity index (χ3v) is 3.19. The summed E-state index contributed by atoms with van der Waals surface area (Å²) in [7, 11) is 1.38. The molecule has 0 radical (unpaired) electrons. The molecule has 0 aromatic carbocycles. The number of methoxy groups -OCH3 is 1. The number of oxazole rings is 1. The van der Waals surface area contributed by atoms with Crippen molar-refractivity contribution in [2.75, 3.05) is 20.2 Å². The van der Waals surface area contributed by atoms with Gasteiger partial charge in [0.15, 0.2) is 5.96 Å². The molecule has 7 nitrogen and oxygen atoms in total. The first-order chi connectivity index (χ1) is 10.8. The molecular weight excluding hydrogens is 423 g/mol. The first-order valence-corrected chi connectivity index (χ1v) is 7.83. The predicted molar refractivity (Wildman–Crippen MR) is 105 cm³/mol.